The molecule has 0 radical (unpaired) electrons. The van der Waals surface area contributed by atoms with E-state index in [4.69, 9.17) is 4.74 Å². The third-order valence-corrected chi connectivity index (χ3v) is 2.22. The van der Waals surface area contributed by atoms with E-state index in [1.165, 1.54) is 0 Å². The zero-order valence-corrected chi connectivity index (χ0v) is 10.2. The molecule has 0 unspecified atom stereocenters. The molecule has 1 aromatic heterocycles. The first kappa shape index (κ1) is 12.9. The largest absolute Gasteiger partial charge is 0.385 e. The van der Waals surface area contributed by atoms with E-state index < -0.39 is 0 Å². The molecule has 16 heavy (non-hydrogen) atoms. The van der Waals surface area contributed by atoms with Gasteiger partial charge in [0.15, 0.2) is 0 Å². The van der Waals surface area contributed by atoms with Crippen LogP contribution >= 0.6 is 0 Å². The number of nitrogens with one attached hydrogen (secondary N) is 1. The minimum absolute atomic E-state index is 0.0573. The third-order valence-electron chi connectivity index (χ3n) is 2.22. The number of aromatic amines is 1. The Morgan fingerprint density at radius 1 is 1.50 bits per heavy atom. The predicted molar refractivity (Wildman–Crippen MR) is 63.6 cm³/mol. The van der Waals surface area contributed by atoms with E-state index in [1.54, 1.807) is 13.2 Å². The second kappa shape index (κ2) is 6.43. The van der Waals surface area contributed by atoms with Crippen molar-refractivity contribution in [2.45, 2.75) is 33.1 Å². The average molecular weight is 224 g/mol. The second-order valence-electron chi connectivity index (χ2n) is 4.38. The monoisotopic (exact) mass is 224 g/mol. The molecular weight excluding hydrogens is 204 g/mol. The lowest BCUT2D eigenvalue weighted by molar-refractivity contribution is 0.194. The molecule has 0 aliphatic rings. The van der Waals surface area contributed by atoms with E-state index in [-0.39, 0.29) is 5.56 Å². The lowest BCUT2D eigenvalue weighted by Crippen LogP contribution is -2.14. The fourth-order valence-corrected chi connectivity index (χ4v) is 1.59. The zero-order chi connectivity index (χ0) is 12.0. The van der Waals surface area contributed by atoms with Gasteiger partial charge >= 0.3 is 0 Å². The van der Waals surface area contributed by atoms with Crippen molar-refractivity contribution in [3.63, 3.8) is 0 Å². The van der Waals surface area contributed by atoms with E-state index >= 15 is 0 Å². The maximum Gasteiger partial charge on any atom is 0.251 e. The van der Waals surface area contributed by atoms with Crippen LogP contribution < -0.4 is 5.56 Å². The highest BCUT2D eigenvalue weighted by Crippen LogP contribution is 2.04. The van der Waals surface area contributed by atoms with E-state index in [1.807, 2.05) is 0 Å². The van der Waals surface area contributed by atoms with Crippen LogP contribution in [-0.4, -0.2) is 23.7 Å². The Morgan fingerprint density at radius 3 is 2.88 bits per heavy atom. The van der Waals surface area contributed by atoms with E-state index in [2.05, 4.69) is 23.8 Å². The van der Waals surface area contributed by atoms with Gasteiger partial charge in [0, 0.05) is 31.9 Å². The summed E-state index contributed by atoms with van der Waals surface area (Å²) in [6.07, 6.45) is 2.49. The summed E-state index contributed by atoms with van der Waals surface area (Å²) in [6, 6.07) is 1.58. The van der Waals surface area contributed by atoms with Crippen molar-refractivity contribution in [3.05, 3.63) is 27.9 Å². The van der Waals surface area contributed by atoms with Crippen LogP contribution in [0.5, 0.6) is 0 Å². The van der Waals surface area contributed by atoms with Gasteiger partial charge in [-0.25, -0.2) is 4.98 Å². The third kappa shape index (κ3) is 4.57. The van der Waals surface area contributed by atoms with E-state index in [0.717, 1.165) is 30.8 Å². The number of aromatic nitrogens is 2. The maximum atomic E-state index is 11.4. The van der Waals surface area contributed by atoms with Crippen LogP contribution in [0.1, 0.15) is 31.8 Å². The summed E-state index contributed by atoms with van der Waals surface area (Å²) in [5, 5.41) is 0. The number of aryl methyl sites for hydroxylation is 1. The minimum Gasteiger partial charge on any atom is -0.385 e. The van der Waals surface area contributed by atoms with E-state index in [0.29, 0.717) is 12.5 Å². The highest BCUT2D eigenvalue weighted by atomic mass is 16.5. The molecule has 0 saturated heterocycles. The SMILES string of the molecule is COCCCc1nc(CC(C)C)cc(=O)[nH]1. The number of nitrogens with zero attached hydrogens (tertiary/aromatic N) is 1. The first-order valence-corrected chi connectivity index (χ1v) is 5.70. The number of rotatable bonds is 6. The van der Waals surface area contributed by atoms with Gasteiger partial charge in [0.25, 0.3) is 5.56 Å². The van der Waals surface area contributed by atoms with Gasteiger partial charge in [-0.1, -0.05) is 13.8 Å². The molecule has 1 N–H and O–H groups in total. The first-order chi connectivity index (χ1) is 7.61. The van der Waals surface area contributed by atoms with Gasteiger partial charge in [0.1, 0.15) is 5.82 Å². The number of hydrogen-bond acceptors (Lipinski definition) is 3. The maximum absolute atomic E-state index is 11.4. The molecule has 0 atom stereocenters. The standard InChI is InChI=1S/C12H20N2O2/c1-9(2)7-10-8-12(15)14-11(13-10)5-4-6-16-3/h8-9H,4-7H2,1-3H3,(H,13,14,15). The molecule has 0 saturated carbocycles. The number of H-pyrrole nitrogens is 1. The van der Waals surface area contributed by atoms with Crippen molar-refractivity contribution in [3.8, 4) is 0 Å². The highest BCUT2D eigenvalue weighted by Gasteiger charge is 2.03. The average Bonchev–Trinajstić information content (AvgIpc) is 2.16. The first-order valence-electron chi connectivity index (χ1n) is 5.70. The summed E-state index contributed by atoms with van der Waals surface area (Å²) in [7, 11) is 1.67. The molecule has 1 rings (SSSR count). The van der Waals surface area contributed by atoms with Crippen LogP contribution in [0.15, 0.2) is 10.9 Å². The van der Waals surface area contributed by atoms with Crippen molar-refractivity contribution in [1.82, 2.24) is 9.97 Å². The molecule has 1 aromatic rings. The lowest BCUT2D eigenvalue weighted by Gasteiger charge is -2.06. The van der Waals surface area contributed by atoms with Crippen molar-refractivity contribution < 1.29 is 4.74 Å². The molecule has 4 heteroatoms. The van der Waals surface area contributed by atoms with Gasteiger partial charge in [-0.05, 0) is 18.8 Å². The fraction of sp³-hybridized carbons (Fsp3) is 0.667. The minimum atomic E-state index is -0.0573. The topological polar surface area (TPSA) is 55.0 Å². The fourth-order valence-electron chi connectivity index (χ4n) is 1.59. The Labute approximate surface area is 96.1 Å². The van der Waals surface area contributed by atoms with Gasteiger partial charge in [-0.3, -0.25) is 4.79 Å². The second-order valence-corrected chi connectivity index (χ2v) is 4.38. The summed E-state index contributed by atoms with van der Waals surface area (Å²) in [4.78, 5) is 18.6. The van der Waals surface area contributed by atoms with Crippen LogP contribution in [0.2, 0.25) is 0 Å². The molecular formula is C12H20N2O2. The number of hydrogen-bond donors (Lipinski definition) is 1. The van der Waals surface area contributed by atoms with Crippen LogP contribution in [-0.2, 0) is 17.6 Å². The van der Waals surface area contributed by atoms with Crippen LogP contribution in [0, 0.1) is 5.92 Å². The summed E-state index contributed by atoms with van der Waals surface area (Å²) >= 11 is 0. The summed E-state index contributed by atoms with van der Waals surface area (Å²) in [5.41, 5.74) is 0.823. The van der Waals surface area contributed by atoms with Crippen molar-refractivity contribution in [2.24, 2.45) is 5.92 Å². The van der Waals surface area contributed by atoms with Crippen molar-refractivity contribution >= 4 is 0 Å². The molecule has 0 aliphatic heterocycles. The normalized spacial score (nSPS) is 11.0. The molecule has 0 spiro atoms. The Bertz CT molecular complexity index is 372. The molecule has 1 heterocycles. The zero-order valence-electron chi connectivity index (χ0n) is 10.2. The molecule has 90 valence electrons. The smallest absolute Gasteiger partial charge is 0.251 e. The highest BCUT2D eigenvalue weighted by molar-refractivity contribution is 5.03. The van der Waals surface area contributed by atoms with Gasteiger partial charge in [0.2, 0.25) is 0 Å². The van der Waals surface area contributed by atoms with Crippen molar-refractivity contribution in [2.75, 3.05) is 13.7 Å². The Kier molecular flexibility index (Phi) is 5.19. The summed E-state index contributed by atoms with van der Waals surface area (Å²) in [5.74, 6) is 1.28. The Balaban J connectivity index is 2.69. The van der Waals surface area contributed by atoms with Crippen LogP contribution in [0.25, 0.3) is 0 Å². The van der Waals surface area contributed by atoms with Gasteiger partial charge in [-0.2, -0.15) is 0 Å². The molecule has 4 nitrogen and oxygen atoms in total. The number of ether oxygens (including phenoxy) is 1. The number of methoxy groups -OCH3 is 1. The molecule has 0 fully saturated rings. The van der Waals surface area contributed by atoms with Gasteiger partial charge in [-0.15, -0.1) is 0 Å². The quantitative estimate of drug-likeness (QED) is 0.746. The summed E-state index contributed by atoms with van der Waals surface area (Å²) in [6.45, 7) is 4.93. The predicted octanol–water partition coefficient (Wildman–Crippen LogP) is 1.55. The van der Waals surface area contributed by atoms with E-state index in [9.17, 15) is 4.79 Å². The van der Waals surface area contributed by atoms with Crippen molar-refractivity contribution in [1.29, 1.82) is 0 Å². The van der Waals surface area contributed by atoms with Crippen LogP contribution in [0.4, 0.5) is 0 Å². The Morgan fingerprint density at radius 2 is 2.25 bits per heavy atom. The Hall–Kier alpha value is -1.16. The summed E-state index contributed by atoms with van der Waals surface area (Å²) < 4.78 is 4.97. The molecule has 0 amide bonds. The van der Waals surface area contributed by atoms with Gasteiger partial charge in [0.05, 0.1) is 0 Å². The molecule has 0 aliphatic carbocycles. The molecule has 0 bridgehead atoms. The van der Waals surface area contributed by atoms with Crippen LogP contribution in [0.3, 0.4) is 0 Å². The molecule has 0 aromatic carbocycles. The lowest BCUT2D eigenvalue weighted by atomic mass is 10.1. The van der Waals surface area contributed by atoms with Gasteiger partial charge < -0.3 is 9.72 Å².